The maximum atomic E-state index is 6.04. The van der Waals surface area contributed by atoms with Crippen LogP contribution in [0.2, 0.25) is 0 Å². The quantitative estimate of drug-likeness (QED) is 0.856. The summed E-state index contributed by atoms with van der Waals surface area (Å²) in [5.41, 5.74) is 7.00. The van der Waals surface area contributed by atoms with Crippen LogP contribution in [0.1, 0.15) is 43.6 Å². The van der Waals surface area contributed by atoms with Crippen molar-refractivity contribution < 1.29 is 9.15 Å². The monoisotopic (exact) mass is 259 g/mol. The average Bonchev–Trinajstić information content (AvgIpc) is 2.98. The van der Waals surface area contributed by atoms with Crippen LogP contribution in [0.3, 0.4) is 0 Å². The van der Waals surface area contributed by atoms with Gasteiger partial charge in [-0.25, -0.2) is 0 Å². The van der Waals surface area contributed by atoms with Crippen LogP contribution in [0.5, 0.6) is 5.75 Å². The lowest BCUT2D eigenvalue weighted by molar-refractivity contribution is 0.181. The summed E-state index contributed by atoms with van der Waals surface area (Å²) >= 11 is 0. The average molecular weight is 259 g/mol. The first kappa shape index (κ1) is 13.7. The van der Waals surface area contributed by atoms with Crippen molar-refractivity contribution in [3.8, 4) is 5.75 Å². The SMILES string of the molecule is CCC(C)c1ccccc1OC(CN)c1ccco1. The second kappa shape index (κ2) is 6.43. The van der Waals surface area contributed by atoms with Gasteiger partial charge in [0.15, 0.2) is 6.10 Å². The van der Waals surface area contributed by atoms with Crippen LogP contribution in [0.25, 0.3) is 0 Å². The predicted molar refractivity (Wildman–Crippen MR) is 76.3 cm³/mol. The molecule has 1 heterocycles. The molecule has 19 heavy (non-hydrogen) atoms. The third-order valence-corrected chi connectivity index (χ3v) is 3.41. The number of furan rings is 1. The first-order valence-corrected chi connectivity index (χ1v) is 6.75. The molecule has 2 aromatic rings. The highest BCUT2D eigenvalue weighted by Gasteiger charge is 2.17. The highest BCUT2D eigenvalue weighted by molar-refractivity contribution is 5.36. The lowest BCUT2D eigenvalue weighted by Crippen LogP contribution is -2.18. The van der Waals surface area contributed by atoms with Gasteiger partial charge in [-0.3, -0.25) is 0 Å². The van der Waals surface area contributed by atoms with Crippen LogP contribution in [-0.2, 0) is 0 Å². The summed E-state index contributed by atoms with van der Waals surface area (Å²) in [6.45, 7) is 4.77. The van der Waals surface area contributed by atoms with E-state index in [1.165, 1.54) is 5.56 Å². The van der Waals surface area contributed by atoms with Crippen molar-refractivity contribution in [1.29, 1.82) is 0 Å². The zero-order valence-corrected chi connectivity index (χ0v) is 11.5. The highest BCUT2D eigenvalue weighted by atomic mass is 16.5. The molecule has 0 aliphatic rings. The summed E-state index contributed by atoms with van der Waals surface area (Å²) in [5.74, 6) is 2.12. The molecule has 1 aromatic heterocycles. The van der Waals surface area contributed by atoms with Gasteiger partial charge in [0.2, 0.25) is 0 Å². The fourth-order valence-corrected chi connectivity index (χ4v) is 2.06. The fraction of sp³-hybridized carbons (Fsp3) is 0.375. The minimum absolute atomic E-state index is 0.236. The number of para-hydroxylation sites is 1. The Labute approximate surface area is 114 Å². The Kier molecular flexibility index (Phi) is 4.63. The number of rotatable bonds is 6. The fourth-order valence-electron chi connectivity index (χ4n) is 2.06. The van der Waals surface area contributed by atoms with Gasteiger partial charge in [-0.2, -0.15) is 0 Å². The third kappa shape index (κ3) is 3.18. The molecule has 2 unspecified atom stereocenters. The Morgan fingerprint density at radius 3 is 2.63 bits per heavy atom. The van der Waals surface area contributed by atoms with Gasteiger partial charge >= 0.3 is 0 Å². The summed E-state index contributed by atoms with van der Waals surface area (Å²) in [6, 6.07) is 11.9. The number of ether oxygens (including phenoxy) is 1. The standard InChI is InChI=1S/C16H21NO2/c1-3-12(2)13-7-4-5-8-14(13)19-16(11-17)15-9-6-10-18-15/h4-10,12,16H,3,11,17H2,1-2H3. The van der Waals surface area contributed by atoms with Crippen molar-refractivity contribution >= 4 is 0 Å². The normalized spacial score (nSPS) is 14.1. The third-order valence-electron chi connectivity index (χ3n) is 3.41. The van der Waals surface area contributed by atoms with Crippen LogP contribution in [0.4, 0.5) is 0 Å². The van der Waals surface area contributed by atoms with Crippen molar-refractivity contribution in [3.63, 3.8) is 0 Å². The Morgan fingerprint density at radius 1 is 1.21 bits per heavy atom. The van der Waals surface area contributed by atoms with E-state index in [1.54, 1.807) is 6.26 Å². The number of benzene rings is 1. The van der Waals surface area contributed by atoms with E-state index in [-0.39, 0.29) is 6.10 Å². The second-order valence-electron chi connectivity index (χ2n) is 4.70. The lowest BCUT2D eigenvalue weighted by Gasteiger charge is -2.20. The Balaban J connectivity index is 2.22. The minimum Gasteiger partial charge on any atom is -0.481 e. The number of nitrogens with two attached hydrogens (primary N) is 1. The van der Waals surface area contributed by atoms with Crippen LogP contribution >= 0.6 is 0 Å². The van der Waals surface area contributed by atoms with E-state index in [2.05, 4.69) is 19.9 Å². The first-order valence-electron chi connectivity index (χ1n) is 6.75. The van der Waals surface area contributed by atoms with E-state index < -0.39 is 0 Å². The molecule has 0 saturated carbocycles. The van der Waals surface area contributed by atoms with Crippen LogP contribution in [0, 0.1) is 0 Å². The zero-order valence-electron chi connectivity index (χ0n) is 11.5. The minimum atomic E-state index is -0.236. The molecule has 0 aliphatic carbocycles. The van der Waals surface area contributed by atoms with Crippen LogP contribution in [-0.4, -0.2) is 6.54 Å². The summed E-state index contributed by atoms with van der Waals surface area (Å²) in [6.07, 6.45) is 2.48. The molecule has 3 heteroatoms. The second-order valence-corrected chi connectivity index (χ2v) is 4.70. The van der Waals surface area contributed by atoms with E-state index in [0.29, 0.717) is 12.5 Å². The van der Waals surface area contributed by atoms with Gasteiger partial charge in [-0.1, -0.05) is 32.0 Å². The molecule has 1 aromatic carbocycles. The van der Waals surface area contributed by atoms with Gasteiger partial charge < -0.3 is 14.9 Å². The smallest absolute Gasteiger partial charge is 0.168 e. The maximum Gasteiger partial charge on any atom is 0.168 e. The van der Waals surface area contributed by atoms with Crippen molar-refractivity contribution in [2.45, 2.75) is 32.3 Å². The predicted octanol–water partition coefficient (Wildman–Crippen LogP) is 3.87. The molecule has 0 saturated heterocycles. The van der Waals surface area contributed by atoms with Crippen LogP contribution in [0.15, 0.2) is 47.1 Å². The summed E-state index contributed by atoms with van der Waals surface area (Å²) in [5, 5.41) is 0. The van der Waals surface area contributed by atoms with Gasteiger partial charge in [-0.15, -0.1) is 0 Å². The highest BCUT2D eigenvalue weighted by Crippen LogP contribution is 2.31. The van der Waals surface area contributed by atoms with Crippen molar-refractivity contribution in [2.24, 2.45) is 5.73 Å². The van der Waals surface area contributed by atoms with Crippen molar-refractivity contribution in [3.05, 3.63) is 54.0 Å². The van der Waals surface area contributed by atoms with Gasteiger partial charge in [0.1, 0.15) is 11.5 Å². The van der Waals surface area contributed by atoms with E-state index in [9.17, 15) is 0 Å². The Morgan fingerprint density at radius 2 is 2.00 bits per heavy atom. The van der Waals surface area contributed by atoms with Gasteiger partial charge in [-0.05, 0) is 36.1 Å². The molecule has 0 aliphatic heterocycles. The molecule has 0 fully saturated rings. The molecular formula is C16H21NO2. The Bertz CT molecular complexity index is 493. The molecule has 0 spiro atoms. The summed E-state index contributed by atoms with van der Waals surface area (Å²) in [4.78, 5) is 0. The van der Waals surface area contributed by atoms with E-state index >= 15 is 0 Å². The zero-order chi connectivity index (χ0) is 13.7. The molecule has 0 amide bonds. The summed E-state index contributed by atoms with van der Waals surface area (Å²) in [7, 11) is 0. The molecule has 2 atom stereocenters. The van der Waals surface area contributed by atoms with Crippen molar-refractivity contribution in [2.75, 3.05) is 6.54 Å². The topological polar surface area (TPSA) is 48.4 Å². The van der Waals surface area contributed by atoms with E-state index in [1.807, 2.05) is 30.3 Å². The molecule has 0 radical (unpaired) electrons. The molecule has 102 valence electrons. The first-order chi connectivity index (χ1) is 9.26. The van der Waals surface area contributed by atoms with Crippen LogP contribution < -0.4 is 10.5 Å². The molecule has 0 bridgehead atoms. The number of hydrogen-bond donors (Lipinski definition) is 1. The molecule has 2 N–H and O–H groups in total. The van der Waals surface area contributed by atoms with Crippen molar-refractivity contribution in [1.82, 2.24) is 0 Å². The Hall–Kier alpha value is -1.74. The van der Waals surface area contributed by atoms with Gasteiger partial charge in [0, 0.05) is 6.54 Å². The maximum absolute atomic E-state index is 6.04. The van der Waals surface area contributed by atoms with E-state index in [0.717, 1.165) is 17.9 Å². The molecular weight excluding hydrogens is 238 g/mol. The summed E-state index contributed by atoms with van der Waals surface area (Å²) < 4.78 is 11.4. The molecule has 2 rings (SSSR count). The largest absolute Gasteiger partial charge is 0.481 e. The van der Waals surface area contributed by atoms with Gasteiger partial charge in [0.25, 0.3) is 0 Å². The van der Waals surface area contributed by atoms with Gasteiger partial charge in [0.05, 0.1) is 6.26 Å². The van der Waals surface area contributed by atoms with E-state index in [4.69, 9.17) is 14.9 Å². The lowest BCUT2D eigenvalue weighted by atomic mass is 9.98. The number of hydrogen-bond acceptors (Lipinski definition) is 3. The molecule has 3 nitrogen and oxygen atoms in total.